The predicted molar refractivity (Wildman–Crippen MR) is 81.2 cm³/mol. The molecule has 0 spiro atoms. The van der Waals surface area contributed by atoms with E-state index >= 15 is 0 Å². The molecule has 19 heavy (non-hydrogen) atoms. The Balaban J connectivity index is 0.00000133. The zero-order chi connectivity index (χ0) is 12.5. The SMILES string of the molecule is Cc1cccc2sc(NC(=O)C3CCNC3)nc12.Cl. The fourth-order valence-corrected chi connectivity index (χ4v) is 3.17. The molecule has 2 heterocycles. The number of hydrogen-bond acceptors (Lipinski definition) is 4. The molecule has 1 aliphatic heterocycles. The van der Waals surface area contributed by atoms with Gasteiger partial charge in [0.25, 0.3) is 0 Å². The Morgan fingerprint density at radius 3 is 3.05 bits per heavy atom. The molecular formula is C13H16ClN3OS. The van der Waals surface area contributed by atoms with Gasteiger partial charge in [0.2, 0.25) is 5.91 Å². The van der Waals surface area contributed by atoms with Gasteiger partial charge in [0.15, 0.2) is 5.13 Å². The summed E-state index contributed by atoms with van der Waals surface area (Å²) in [5.74, 6) is 0.162. The van der Waals surface area contributed by atoms with Crippen LogP contribution in [0.2, 0.25) is 0 Å². The number of nitrogens with zero attached hydrogens (tertiary/aromatic N) is 1. The standard InChI is InChI=1S/C13H15N3OS.ClH/c1-8-3-2-4-10-11(8)15-13(18-10)16-12(17)9-5-6-14-7-9;/h2-4,9,14H,5-7H2,1H3,(H,15,16,17);1H. The van der Waals surface area contributed by atoms with Crippen LogP contribution < -0.4 is 10.6 Å². The maximum atomic E-state index is 12.0. The first-order chi connectivity index (χ1) is 8.74. The Morgan fingerprint density at radius 2 is 2.37 bits per heavy atom. The summed E-state index contributed by atoms with van der Waals surface area (Å²) in [5, 5.41) is 6.83. The summed E-state index contributed by atoms with van der Waals surface area (Å²) in [7, 11) is 0. The molecule has 3 rings (SSSR count). The van der Waals surface area contributed by atoms with E-state index in [0.29, 0.717) is 5.13 Å². The molecule has 4 nitrogen and oxygen atoms in total. The molecule has 1 amide bonds. The molecule has 0 saturated carbocycles. The molecular weight excluding hydrogens is 282 g/mol. The third kappa shape index (κ3) is 2.88. The van der Waals surface area contributed by atoms with Crippen LogP contribution in [0.15, 0.2) is 18.2 Å². The average Bonchev–Trinajstić information content (AvgIpc) is 2.97. The van der Waals surface area contributed by atoms with Crippen LogP contribution >= 0.6 is 23.7 Å². The third-order valence-electron chi connectivity index (χ3n) is 3.28. The Kier molecular flexibility index (Phi) is 4.39. The van der Waals surface area contributed by atoms with Crippen LogP contribution in [-0.4, -0.2) is 24.0 Å². The van der Waals surface area contributed by atoms with Crippen molar-refractivity contribution >= 4 is 45.0 Å². The highest BCUT2D eigenvalue weighted by Gasteiger charge is 2.23. The van der Waals surface area contributed by atoms with E-state index < -0.39 is 0 Å². The van der Waals surface area contributed by atoms with Crippen LogP contribution in [0.4, 0.5) is 5.13 Å². The van der Waals surface area contributed by atoms with Crippen LogP contribution in [0.3, 0.4) is 0 Å². The number of aromatic nitrogens is 1. The summed E-state index contributed by atoms with van der Waals surface area (Å²) in [6.45, 7) is 3.74. The van der Waals surface area contributed by atoms with Crippen LogP contribution in [0.5, 0.6) is 0 Å². The topological polar surface area (TPSA) is 54.0 Å². The number of carbonyl (C=O) groups excluding carboxylic acids is 1. The Morgan fingerprint density at radius 1 is 1.53 bits per heavy atom. The van der Waals surface area contributed by atoms with E-state index in [0.717, 1.165) is 35.3 Å². The summed E-state index contributed by atoms with van der Waals surface area (Å²) >= 11 is 1.54. The fourth-order valence-electron chi connectivity index (χ4n) is 2.23. The van der Waals surface area contributed by atoms with Gasteiger partial charge >= 0.3 is 0 Å². The van der Waals surface area contributed by atoms with Crippen molar-refractivity contribution in [2.75, 3.05) is 18.4 Å². The average molecular weight is 298 g/mol. The minimum atomic E-state index is 0. The first-order valence-corrected chi connectivity index (χ1v) is 6.93. The number of hydrogen-bond donors (Lipinski definition) is 2. The van der Waals surface area contributed by atoms with Gasteiger partial charge in [-0.15, -0.1) is 12.4 Å². The normalized spacial score (nSPS) is 18.3. The van der Waals surface area contributed by atoms with Crippen molar-refractivity contribution in [3.63, 3.8) is 0 Å². The van der Waals surface area contributed by atoms with Gasteiger partial charge in [0, 0.05) is 6.54 Å². The molecule has 0 aliphatic carbocycles. The number of carbonyl (C=O) groups is 1. The molecule has 102 valence electrons. The summed E-state index contributed by atoms with van der Waals surface area (Å²) in [6, 6.07) is 6.09. The number of fused-ring (bicyclic) bond motifs is 1. The van der Waals surface area contributed by atoms with Crippen LogP contribution in [-0.2, 0) is 4.79 Å². The summed E-state index contributed by atoms with van der Waals surface area (Å²) in [6.07, 6.45) is 0.912. The van der Waals surface area contributed by atoms with Gasteiger partial charge in [-0.1, -0.05) is 23.5 Å². The molecule has 1 aromatic carbocycles. The smallest absolute Gasteiger partial charge is 0.230 e. The zero-order valence-corrected chi connectivity index (χ0v) is 12.2. The molecule has 2 N–H and O–H groups in total. The Labute approximate surface area is 122 Å². The maximum absolute atomic E-state index is 12.0. The first-order valence-electron chi connectivity index (χ1n) is 6.12. The van der Waals surface area contributed by atoms with Gasteiger partial charge in [-0.3, -0.25) is 4.79 Å². The van der Waals surface area contributed by atoms with E-state index in [1.807, 2.05) is 25.1 Å². The van der Waals surface area contributed by atoms with Crippen molar-refractivity contribution in [3.8, 4) is 0 Å². The van der Waals surface area contributed by atoms with Crippen molar-refractivity contribution in [3.05, 3.63) is 23.8 Å². The summed E-state index contributed by atoms with van der Waals surface area (Å²) in [4.78, 5) is 16.5. The molecule has 0 radical (unpaired) electrons. The molecule has 1 saturated heterocycles. The summed E-state index contributed by atoms with van der Waals surface area (Å²) < 4.78 is 1.12. The lowest BCUT2D eigenvalue weighted by atomic mass is 10.1. The number of benzene rings is 1. The van der Waals surface area contributed by atoms with Gasteiger partial charge in [0.05, 0.1) is 16.1 Å². The lowest BCUT2D eigenvalue weighted by Gasteiger charge is -2.06. The molecule has 1 fully saturated rings. The molecule has 6 heteroatoms. The van der Waals surface area contributed by atoms with Gasteiger partial charge in [-0.05, 0) is 31.5 Å². The lowest BCUT2D eigenvalue weighted by molar-refractivity contribution is -0.119. The van der Waals surface area contributed by atoms with Gasteiger partial charge in [-0.2, -0.15) is 0 Å². The third-order valence-corrected chi connectivity index (χ3v) is 4.22. The maximum Gasteiger partial charge on any atom is 0.230 e. The molecule has 1 aromatic heterocycles. The Bertz CT molecular complexity index is 593. The van der Waals surface area contributed by atoms with E-state index in [9.17, 15) is 4.79 Å². The minimum Gasteiger partial charge on any atom is -0.316 e. The number of nitrogens with one attached hydrogen (secondary N) is 2. The number of anilines is 1. The molecule has 0 bridgehead atoms. The second-order valence-corrected chi connectivity index (χ2v) is 5.65. The van der Waals surface area contributed by atoms with Crippen LogP contribution in [0.1, 0.15) is 12.0 Å². The second kappa shape index (κ2) is 5.86. The van der Waals surface area contributed by atoms with Crippen molar-refractivity contribution in [1.82, 2.24) is 10.3 Å². The fraction of sp³-hybridized carbons (Fsp3) is 0.385. The van der Waals surface area contributed by atoms with Crippen LogP contribution in [0.25, 0.3) is 10.2 Å². The van der Waals surface area contributed by atoms with E-state index in [2.05, 4.69) is 15.6 Å². The number of amides is 1. The van der Waals surface area contributed by atoms with Crippen molar-refractivity contribution in [1.29, 1.82) is 0 Å². The highest BCUT2D eigenvalue weighted by Crippen LogP contribution is 2.28. The molecule has 1 unspecified atom stereocenters. The van der Waals surface area contributed by atoms with Crippen molar-refractivity contribution in [2.45, 2.75) is 13.3 Å². The number of aryl methyl sites for hydroxylation is 1. The highest BCUT2D eigenvalue weighted by molar-refractivity contribution is 7.22. The molecule has 1 aliphatic rings. The molecule has 1 atom stereocenters. The largest absolute Gasteiger partial charge is 0.316 e. The quantitative estimate of drug-likeness (QED) is 0.896. The van der Waals surface area contributed by atoms with Crippen molar-refractivity contribution < 1.29 is 4.79 Å². The Hall–Kier alpha value is -1.17. The monoisotopic (exact) mass is 297 g/mol. The number of rotatable bonds is 2. The van der Waals surface area contributed by atoms with E-state index in [1.165, 1.54) is 11.3 Å². The first kappa shape index (κ1) is 14.2. The summed E-state index contributed by atoms with van der Waals surface area (Å²) in [5.41, 5.74) is 2.13. The minimum absolute atomic E-state index is 0. The van der Waals surface area contributed by atoms with Crippen LogP contribution in [0, 0.1) is 12.8 Å². The highest BCUT2D eigenvalue weighted by atomic mass is 35.5. The number of halogens is 1. The lowest BCUT2D eigenvalue weighted by Crippen LogP contribution is -2.24. The molecule has 2 aromatic rings. The predicted octanol–water partition coefficient (Wildman–Crippen LogP) is 2.57. The zero-order valence-electron chi connectivity index (χ0n) is 10.6. The van der Waals surface area contributed by atoms with Crippen molar-refractivity contribution in [2.24, 2.45) is 5.92 Å². The van der Waals surface area contributed by atoms with E-state index in [4.69, 9.17) is 0 Å². The van der Waals surface area contributed by atoms with E-state index in [-0.39, 0.29) is 24.2 Å². The van der Waals surface area contributed by atoms with Gasteiger partial charge in [-0.25, -0.2) is 4.98 Å². The number of para-hydroxylation sites is 1. The van der Waals surface area contributed by atoms with Gasteiger partial charge in [0.1, 0.15) is 0 Å². The van der Waals surface area contributed by atoms with E-state index in [1.54, 1.807) is 0 Å². The van der Waals surface area contributed by atoms with Gasteiger partial charge < -0.3 is 10.6 Å². The second-order valence-electron chi connectivity index (χ2n) is 4.62. The number of thiazole rings is 1.